The molecular weight excluding hydrogens is 432 g/mol. The minimum atomic E-state index is -0.255. The zero-order valence-electron chi connectivity index (χ0n) is 16.7. The summed E-state index contributed by atoms with van der Waals surface area (Å²) in [6.45, 7) is 0.540. The van der Waals surface area contributed by atoms with Gasteiger partial charge in [0, 0.05) is 4.90 Å². The summed E-state index contributed by atoms with van der Waals surface area (Å²) in [6, 6.07) is 24.6. The van der Waals surface area contributed by atoms with Gasteiger partial charge in [0.15, 0.2) is 5.16 Å². The van der Waals surface area contributed by atoms with Gasteiger partial charge in [-0.05, 0) is 53.2 Å². The van der Waals surface area contributed by atoms with Gasteiger partial charge in [-0.2, -0.15) is 4.98 Å². The summed E-state index contributed by atoms with van der Waals surface area (Å²) in [7, 11) is 1.54. The van der Waals surface area contributed by atoms with Crippen molar-refractivity contribution in [2.75, 3.05) is 12.4 Å². The van der Waals surface area contributed by atoms with E-state index in [1.807, 2.05) is 60.7 Å². The van der Waals surface area contributed by atoms with Crippen molar-refractivity contribution >= 4 is 35.0 Å². The Labute approximate surface area is 189 Å². The Hall–Kier alpha value is -3.29. The van der Waals surface area contributed by atoms with Gasteiger partial charge in [0.25, 0.3) is 5.91 Å². The van der Waals surface area contributed by atoms with Crippen LogP contribution < -0.4 is 10.1 Å². The molecule has 0 saturated carbocycles. The first kappa shape index (κ1) is 21.0. The summed E-state index contributed by atoms with van der Waals surface area (Å²) in [5.41, 5.74) is 2.21. The van der Waals surface area contributed by atoms with Gasteiger partial charge in [-0.3, -0.25) is 4.79 Å². The third-order valence-electron chi connectivity index (χ3n) is 4.48. The van der Waals surface area contributed by atoms with Crippen molar-refractivity contribution in [2.45, 2.75) is 16.6 Å². The maximum Gasteiger partial charge on any atom is 0.259 e. The van der Waals surface area contributed by atoms with Crippen LogP contribution in [0, 0.1) is 0 Å². The monoisotopic (exact) mass is 450 g/mol. The van der Waals surface area contributed by atoms with Crippen molar-refractivity contribution in [3.05, 3.63) is 95.3 Å². The Bertz CT molecular complexity index is 1200. The molecule has 31 heavy (non-hydrogen) atoms. The van der Waals surface area contributed by atoms with Crippen molar-refractivity contribution in [2.24, 2.45) is 0 Å². The molecular formula is C23H19ClN4O2S. The van der Waals surface area contributed by atoms with E-state index in [-0.39, 0.29) is 11.2 Å². The second-order valence-electron chi connectivity index (χ2n) is 6.56. The molecule has 4 aromatic rings. The highest BCUT2D eigenvalue weighted by atomic mass is 35.5. The molecule has 0 atom stereocenters. The molecule has 0 fully saturated rings. The minimum Gasteiger partial charge on any atom is -0.496 e. The van der Waals surface area contributed by atoms with Crippen LogP contribution in [0.3, 0.4) is 0 Å². The van der Waals surface area contributed by atoms with Crippen LogP contribution in [0.4, 0.5) is 5.69 Å². The molecule has 0 radical (unpaired) electrons. The van der Waals surface area contributed by atoms with E-state index in [1.54, 1.807) is 30.0 Å². The second-order valence-corrected chi connectivity index (χ2v) is 7.91. The summed E-state index contributed by atoms with van der Waals surface area (Å²) < 4.78 is 7.05. The Morgan fingerprint density at radius 1 is 1.03 bits per heavy atom. The quantitative estimate of drug-likeness (QED) is 0.408. The van der Waals surface area contributed by atoms with Crippen molar-refractivity contribution in [3.63, 3.8) is 0 Å². The van der Waals surface area contributed by atoms with Crippen LogP contribution in [-0.2, 0) is 6.54 Å². The van der Waals surface area contributed by atoms with Crippen molar-refractivity contribution in [1.82, 2.24) is 14.8 Å². The number of hydrogen-bond acceptors (Lipinski definition) is 5. The van der Waals surface area contributed by atoms with Gasteiger partial charge >= 0.3 is 0 Å². The van der Waals surface area contributed by atoms with Gasteiger partial charge in [-0.25, -0.2) is 4.68 Å². The van der Waals surface area contributed by atoms with Gasteiger partial charge in [-0.1, -0.05) is 54.6 Å². The maximum atomic E-state index is 12.9. The summed E-state index contributed by atoms with van der Waals surface area (Å²) in [4.78, 5) is 18.0. The number of aromatic nitrogens is 3. The van der Waals surface area contributed by atoms with Crippen LogP contribution >= 0.6 is 23.4 Å². The molecule has 1 heterocycles. The van der Waals surface area contributed by atoms with E-state index in [9.17, 15) is 4.79 Å². The normalized spacial score (nSPS) is 10.6. The number of benzene rings is 3. The number of para-hydroxylation sites is 2. The summed E-state index contributed by atoms with van der Waals surface area (Å²) in [6.07, 6.45) is 0. The smallest absolute Gasteiger partial charge is 0.259 e. The lowest BCUT2D eigenvalue weighted by Gasteiger charge is -2.12. The van der Waals surface area contributed by atoms with E-state index in [2.05, 4.69) is 15.4 Å². The number of ether oxygens (including phenoxy) is 1. The molecule has 0 bridgehead atoms. The number of nitrogens with zero attached hydrogens (tertiary/aromatic N) is 3. The van der Waals surface area contributed by atoms with E-state index >= 15 is 0 Å². The average molecular weight is 451 g/mol. The number of anilines is 1. The molecule has 0 unspecified atom stereocenters. The van der Waals surface area contributed by atoms with Crippen LogP contribution in [0.5, 0.6) is 5.75 Å². The molecule has 0 spiro atoms. The highest BCUT2D eigenvalue weighted by Crippen LogP contribution is 2.34. The first-order valence-corrected chi connectivity index (χ1v) is 10.7. The van der Waals surface area contributed by atoms with Gasteiger partial charge in [0.1, 0.15) is 5.75 Å². The molecule has 8 heteroatoms. The first-order valence-electron chi connectivity index (χ1n) is 9.49. The largest absolute Gasteiger partial charge is 0.496 e. The number of carbonyl (C=O) groups excluding carboxylic acids is 1. The molecule has 0 saturated heterocycles. The minimum absolute atomic E-state index is 0.175. The van der Waals surface area contributed by atoms with Gasteiger partial charge < -0.3 is 10.1 Å². The van der Waals surface area contributed by atoms with Crippen LogP contribution in [0.1, 0.15) is 15.9 Å². The number of hydrogen-bond donors (Lipinski definition) is 1. The van der Waals surface area contributed by atoms with Gasteiger partial charge in [0.05, 0.1) is 24.9 Å². The van der Waals surface area contributed by atoms with E-state index in [4.69, 9.17) is 16.3 Å². The third kappa shape index (κ3) is 5.07. The van der Waals surface area contributed by atoms with Gasteiger partial charge in [0.2, 0.25) is 5.28 Å². The summed E-state index contributed by atoms with van der Waals surface area (Å²) >= 11 is 7.48. The molecule has 1 amide bonds. The zero-order chi connectivity index (χ0) is 21.6. The Morgan fingerprint density at radius 3 is 2.55 bits per heavy atom. The van der Waals surface area contributed by atoms with Crippen molar-refractivity contribution < 1.29 is 9.53 Å². The molecule has 0 aliphatic rings. The van der Waals surface area contributed by atoms with E-state index in [1.165, 1.54) is 11.8 Å². The predicted molar refractivity (Wildman–Crippen MR) is 122 cm³/mol. The Kier molecular flexibility index (Phi) is 6.54. The van der Waals surface area contributed by atoms with Crippen molar-refractivity contribution in [3.8, 4) is 5.75 Å². The molecule has 4 rings (SSSR count). The maximum absolute atomic E-state index is 12.9. The molecule has 1 N–H and O–H groups in total. The van der Waals surface area contributed by atoms with Crippen LogP contribution in [0.15, 0.2) is 88.9 Å². The summed E-state index contributed by atoms with van der Waals surface area (Å²) in [5, 5.41) is 8.08. The topological polar surface area (TPSA) is 69.0 Å². The fourth-order valence-electron chi connectivity index (χ4n) is 3.02. The van der Waals surface area contributed by atoms with Crippen LogP contribution in [0.25, 0.3) is 0 Å². The number of rotatable bonds is 7. The third-order valence-corrected chi connectivity index (χ3v) is 5.70. The van der Waals surface area contributed by atoms with E-state index in [0.29, 0.717) is 28.7 Å². The Morgan fingerprint density at radius 2 is 1.74 bits per heavy atom. The highest BCUT2D eigenvalue weighted by molar-refractivity contribution is 7.99. The van der Waals surface area contributed by atoms with Gasteiger partial charge in [-0.15, -0.1) is 5.10 Å². The Balaban J connectivity index is 1.58. The van der Waals surface area contributed by atoms with Crippen LogP contribution in [-0.4, -0.2) is 27.8 Å². The lowest BCUT2D eigenvalue weighted by atomic mass is 10.2. The standard InChI is InChI=1S/C23H19ClN4O2S/c1-30-19-13-7-5-11-17(19)21(29)25-18-12-6-8-14-20(18)31-23-26-22(24)27-28(23)15-16-9-3-2-4-10-16/h2-14H,15H2,1H3,(H,25,29). The van der Waals surface area contributed by atoms with Crippen molar-refractivity contribution in [1.29, 1.82) is 0 Å². The second kappa shape index (κ2) is 9.68. The van der Waals surface area contributed by atoms with E-state index in [0.717, 1.165) is 10.5 Å². The zero-order valence-corrected chi connectivity index (χ0v) is 18.2. The number of amides is 1. The molecule has 1 aromatic heterocycles. The fraction of sp³-hybridized carbons (Fsp3) is 0.0870. The first-order chi connectivity index (χ1) is 15.1. The predicted octanol–water partition coefficient (Wildman–Crippen LogP) is 5.39. The molecule has 156 valence electrons. The lowest BCUT2D eigenvalue weighted by Crippen LogP contribution is -2.13. The number of carbonyl (C=O) groups is 1. The number of methoxy groups -OCH3 is 1. The number of halogens is 1. The van der Waals surface area contributed by atoms with E-state index < -0.39 is 0 Å². The molecule has 3 aromatic carbocycles. The summed E-state index contributed by atoms with van der Waals surface area (Å²) in [5.74, 6) is 0.258. The average Bonchev–Trinajstić information content (AvgIpc) is 3.14. The highest BCUT2D eigenvalue weighted by Gasteiger charge is 2.16. The molecule has 0 aliphatic carbocycles. The molecule has 6 nitrogen and oxygen atoms in total. The van der Waals surface area contributed by atoms with Crippen LogP contribution in [0.2, 0.25) is 5.28 Å². The SMILES string of the molecule is COc1ccccc1C(=O)Nc1ccccc1Sc1nc(Cl)nn1Cc1ccccc1. The number of nitrogens with one attached hydrogen (secondary N) is 1. The molecule has 0 aliphatic heterocycles. The lowest BCUT2D eigenvalue weighted by molar-refractivity contribution is 0.102. The fourth-order valence-corrected chi connectivity index (χ4v) is 4.15.